The van der Waals surface area contributed by atoms with E-state index in [0.29, 0.717) is 21.5 Å². The lowest BCUT2D eigenvalue weighted by Gasteiger charge is -2.38. The summed E-state index contributed by atoms with van der Waals surface area (Å²) in [6, 6.07) is 17.4. The Balaban J connectivity index is 1.61. The molecule has 0 bridgehead atoms. The summed E-state index contributed by atoms with van der Waals surface area (Å²) in [5, 5.41) is 4.01. The van der Waals surface area contributed by atoms with Gasteiger partial charge in [-0.3, -0.25) is 4.79 Å². The van der Waals surface area contributed by atoms with Crippen LogP contribution in [0, 0.1) is 0 Å². The number of hydrogen-bond acceptors (Lipinski definition) is 8. The Morgan fingerprint density at radius 1 is 1.02 bits per heavy atom. The molecule has 3 aromatic carbocycles. The van der Waals surface area contributed by atoms with Crippen LogP contribution in [-0.4, -0.2) is 77.0 Å². The third-order valence-corrected chi connectivity index (χ3v) is 10.7. The molecule has 0 aromatic heterocycles. The van der Waals surface area contributed by atoms with Gasteiger partial charge in [0.15, 0.2) is 11.5 Å². The average Bonchev–Trinajstić information content (AvgIpc) is 3.00. The molecule has 0 radical (unpaired) electrons. The number of methoxy groups -OCH3 is 1. The number of nitrogens with one attached hydrogen (secondary N) is 1. The lowest BCUT2D eigenvalue weighted by Crippen LogP contribution is -2.60. The molecule has 1 atom stereocenters. The van der Waals surface area contributed by atoms with E-state index in [4.69, 9.17) is 9.47 Å². The Morgan fingerprint density at radius 3 is 2.24 bits per heavy atom. The highest BCUT2D eigenvalue weighted by molar-refractivity contribution is 9.10. The number of amides is 1. The fourth-order valence-corrected chi connectivity index (χ4v) is 7.90. The van der Waals surface area contributed by atoms with Crippen molar-refractivity contribution in [3.63, 3.8) is 0 Å². The van der Waals surface area contributed by atoms with Gasteiger partial charge in [-0.2, -0.15) is 13.7 Å². The Hall–Kier alpha value is -3.56. The molecule has 1 aliphatic rings. The quantitative estimate of drug-likeness (QED) is 0.187. The summed E-state index contributed by atoms with van der Waals surface area (Å²) in [5.41, 5.74) is 2.91. The maximum Gasteiger partial charge on any atom is 0.259 e. The number of rotatable bonds is 11. The normalized spacial score (nSPS) is 16.7. The molecule has 222 valence electrons. The first-order chi connectivity index (χ1) is 20.1. The van der Waals surface area contributed by atoms with Crippen LogP contribution in [0.2, 0.25) is 0 Å². The van der Waals surface area contributed by atoms with Gasteiger partial charge in [-0.25, -0.2) is 22.3 Å². The van der Waals surface area contributed by atoms with Crippen molar-refractivity contribution in [1.29, 1.82) is 0 Å². The second-order valence-corrected chi connectivity index (χ2v) is 13.7. The van der Waals surface area contributed by atoms with Gasteiger partial charge in [-0.05, 0) is 57.9 Å². The van der Waals surface area contributed by atoms with Gasteiger partial charge in [0.05, 0.1) is 27.6 Å². The van der Waals surface area contributed by atoms with Crippen molar-refractivity contribution in [1.82, 2.24) is 14.0 Å². The van der Waals surface area contributed by atoms with Gasteiger partial charge < -0.3 is 9.47 Å². The van der Waals surface area contributed by atoms with Gasteiger partial charge in [0.2, 0.25) is 20.0 Å². The predicted octanol–water partition coefficient (Wildman–Crippen LogP) is 3.24. The number of piperazine rings is 1. The van der Waals surface area contributed by atoms with E-state index in [-0.39, 0.29) is 29.5 Å². The van der Waals surface area contributed by atoms with Crippen LogP contribution >= 0.6 is 15.9 Å². The Kier molecular flexibility index (Phi) is 10.2. The van der Waals surface area contributed by atoms with Crippen molar-refractivity contribution < 1.29 is 31.1 Å². The highest BCUT2D eigenvalue weighted by atomic mass is 79.9. The maximum atomic E-state index is 13.5. The maximum absolute atomic E-state index is 13.5. The highest BCUT2D eigenvalue weighted by Gasteiger charge is 2.43. The van der Waals surface area contributed by atoms with Crippen molar-refractivity contribution in [2.45, 2.75) is 15.8 Å². The van der Waals surface area contributed by atoms with Gasteiger partial charge in [-0.15, -0.1) is 0 Å². The molecule has 1 N–H and O–H groups in total. The second-order valence-electron chi connectivity index (χ2n) is 8.99. The fourth-order valence-electron chi connectivity index (χ4n) is 4.27. The van der Waals surface area contributed by atoms with Gasteiger partial charge in [0.25, 0.3) is 5.91 Å². The molecule has 1 fully saturated rings. The van der Waals surface area contributed by atoms with E-state index in [0.717, 1.165) is 8.61 Å². The molecule has 3 aromatic rings. The second kappa shape index (κ2) is 13.6. The van der Waals surface area contributed by atoms with Crippen LogP contribution < -0.4 is 14.9 Å². The minimum atomic E-state index is -4.14. The molecule has 0 saturated carbocycles. The number of benzene rings is 3. The van der Waals surface area contributed by atoms with Gasteiger partial charge in [0, 0.05) is 19.6 Å². The Labute approximate surface area is 253 Å². The first-order valence-electron chi connectivity index (χ1n) is 12.7. The molecule has 11 nitrogen and oxygen atoms in total. The lowest BCUT2D eigenvalue weighted by molar-refractivity contribution is -0.125. The Bertz CT molecular complexity index is 1670. The topological polar surface area (TPSA) is 135 Å². The average molecular weight is 678 g/mol. The monoisotopic (exact) mass is 676 g/mol. The molecule has 42 heavy (non-hydrogen) atoms. The van der Waals surface area contributed by atoms with Gasteiger partial charge in [0.1, 0.15) is 12.6 Å². The van der Waals surface area contributed by atoms with E-state index in [9.17, 15) is 21.6 Å². The van der Waals surface area contributed by atoms with Crippen LogP contribution in [-0.2, 0) is 24.8 Å². The van der Waals surface area contributed by atoms with Crippen LogP contribution in [0.5, 0.6) is 11.5 Å². The van der Waals surface area contributed by atoms with E-state index >= 15 is 0 Å². The van der Waals surface area contributed by atoms with E-state index in [1.54, 1.807) is 54.6 Å². The van der Waals surface area contributed by atoms with Crippen molar-refractivity contribution in [2.75, 3.05) is 33.4 Å². The highest BCUT2D eigenvalue weighted by Crippen LogP contribution is 2.36. The number of ether oxygens (including phenoxy) is 2. The lowest BCUT2D eigenvalue weighted by atomic mass is 10.2. The minimum Gasteiger partial charge on any atom is -0.493 e. The van der Waals surface area contributed by atoms with Gasteiger partial charge in [-0.1, -0.05) is 49.1 Å². The molecular formula is C28H29BrN4O7S2. The molecule has 1 amide bonds. The number of carbonyl (C=O) groups is 1. The molecule has 14 heteroatoms. The standard InChI is InChI=1S/C28H29BrN4O7S2/c1-3-16-40-27-24(29)17-21(18-26(27)39-2)19-30-31-28(34)25-20-32(41(35,36)22-10-6-4-7-11-22)14-15-33(25)42(37,38)23-12-8-5-9-13-23/h3-13,17-19,25H,1,14-16,20H2,2H3,(H,31,34)/b30-19-/t25-/m1/s1. The largest absolute Gasteiger partial charge is 0.493 e. The zero-order valence-corrected chi connectivity index (χ0v) is 25.8. The summed E-state index contributed by atoms with van der Waals surface area (Å²) in [5.74, 6) is 0.0751. The first kappa shape index (κ1) is 31.4. The molecule has 4 rings (SSSR count). The minimum absolute atomic E-state index is 0.0126. The molecule has 1 aliphatic heterocycles. The van der Waals surface area contributed by atoms with Crippen LogP contribution in [0.1, 0.15) is 5.56 Å². The van der Waals surface area contributed by atoms with Crippen LogP contribution in [0.25, 0.3) is 0 Å². The van der Waals surface area contributed by atoms with Crippen LogP contribution in [0.15, 0.2) is 105 Å². The van der Waals surface area contributed by atoms with Crippen molar-refractivity contribution in [3.8, 4) is 11.5 Å². The van der Waals surface area contributed by atoms with Crippen molar-refractivity contribution in [2.24, 2.45) is 5.10 Å². The zero-order valence-electron chi connectivity index (χ0n) is 22.6. The molecular weight excluding hydrogens is 648 g/mol. The summed E-state index contributed by atoms with van der Waals surface area (Å²) < 4.78 is 67.4. The molecule has 1 heterocycles. The summed E-state index contributed by atoms with van der Waals surface area (Å²) in [7, 11) is -6.65. The fraction of sp³-hybridized carbons (Fsp3) is 0.214. The van der Waals surface area contributed by atoms with Gasteiger partial charge >= 0.3 is 0 Å². The number of nitrogens with zero attached hydrogens (tertiary/aromatic N) is 3. The molecule has 1 saturated heterocycles. The molecule has 0 aliphatic carbocycles. The first-order valence-corrected chi connectivity index (χ1v) is 16.3. The van der Waals surface area contributed by atoms with E-state index in [1.165, 1.54) is 37.6 Å². The van der Waals surface area contributed by atoms with E-state index in [2.05, 4.69) is 33.0 Å². The number of halogens is 1. The van der Waals surface area contributed by atoms with Crippen molar-refractivity contribution in [3.05, 3.63) is 95.5 Å². The SMILES string of the molecule is C=CCOc1c(Br)cc(/C=N\NC(=O)[C@H]2CN(S(=O)(=O)c3ccccc3)CCN2S(=O)(=O)c2ccccc2)cc1OC. The summed E-state index contributed by atoms with van der Waals surface area (Å²) in [6.07, 6.45) is 2.94. The smallest absolute Gasteiger partial charge is 0.259 e. The molecule has 0 unspecified atom stereocenters. The number of sulfonamides is 2. The number of hydrazone groups is 1. The zero-order chi connectivity index (χ0) is 30.3. The third-order valence-electron chi connectivity index (χ3n) is 6.31. The van der Waals surface area contributed by atoms with Crippen molar-refractivity contribution >= 4 is 48.1 Å². The third kappa shape index (κ3) is 6.90. The van der Waals surface area contributed by atoms with E-state index < -0.39 is 38.5 Å². The summed E-state index contributed by atoms with van der Waals surface area (Å²) >= 11 is 3.42. The summed E-state index contributed by atoms with van der Waals surface area (Å²) in [6.45, 7) is 3.12. The summed E-state index contributed by atoms with van der Waals surface area (Å²) in [4.78, 5) is 13.5. The Morgan fingerprint density at radius 2 is 1.64 bits per heavy atom. The number of carbonyl (C=O) groups excluding carboxylic acids is 1. The van der Waals surface area contributed by atoms with E-state index in [1.807, 2.05) is 0 Å². The van der Waals surface area contributed by atoms with Crippen LogP contribution in [0.3, 0.4) is 0 Å². The predicted molar refractivity (Wildman–Crippen MR) is 161 cm³/mol. The number of hydrogen-bond donors (Lipinski definition) is 1. The van der Waals surface area contributed by atoms with Crippen LogP contribution in [0.4, 0.5) is 0 Å². The molecule has 0 spiro atoms.